The average Bonchev–Trinajstić information content (AvgIpc) is 2.35. The molecule has 1 unspecified atom stereocenters. The summed E-state index contributed by atoms with van der Waals surface area (Å²) in [4.78, 5) is 11.6. The lowest BCUT2D eigenvalue weighted by Crippen LogP contribution is -2.35. The van der Waals surface area contributed by atoms with Crippen molar-refractivity contribution in [2.75, 3.05) is 20.2 Å². The summed E-state index contributed by atoms with van der Waals surface area (Å²) in [6.45, 7) is 3.51. The maximum absolute atomic E-state index is 11.6. The Hall–Kier alpha value is -0.320. The van der Waals surface area contributed by atoms with Crippen molar-refractivity contribution in [3.05, 3.63) is 0 Å². The van der Waals surface area contributed by atoms with Crippen LogP contribution in [-0.4, -0.2) is 32.2 Å². The van der Waals surface area contributed by atoms with E-state index in [9.17, 15) is 4.79 Å². The summed E-state index contributed by atoms with van der Waals surface area (Å²) in [5, 5.41) is 2.99. The molecule has 1 fully saturated rings. The van der Waals surface area contributed by atoms with Crippen LogP contribution in [0.15, 0.2) is 0 Å². The first-order valence-electron chi connectivity index (χ1n) is 6.65. The summed E-state index contributed by atoms with van der Waals surface area (Å²) < 4.78 is 5.09. The largest absolute Gasteiger partial charge is 0.380 e. The van der Waals surface area contributed by atoms with Crippen molar-refractivity contribution in [2.24, 2.45) is 17.6 Å². The van der Waals surface area contributed by atoms with Gasteiger partial charge in [-0.1, -0.05) is 19.8 Å². The fraction of sp³-hybridized carbons (Fsp3) is 0.923. The van der Waals surface area contributed by atoms with Crippen LogP contribution in [0, 0.1) is 11.8 Å². The number of methoxy groups -OCH3 is 1. The highest BCUT2D eigenvalue weighted by Gasteiger charge is 2.19. The quantitative estimate of drug-likeness (QED) is 0.777. The van der Waals surface area contributed by atoms with Crippen LogP contribution in [-0.2, 0) is 9.53 Å². The topological polar surface area (TPSA) is 64.3 Å². The van der Waals surface area contributed by atoms with Gasteiger partial charge in [0.1, 0.15) is 0 Å². The molecule has 0 spiro atoms. The molecule has 0 heterocycles. The van der Waals surface area contributed by atoms with Crippen molar-refractivity contribution < 1.29 is 9.53 Å². The fourth-order valence-electron chi connectivity index (χ4n) is 2.33. The summed E-state index contributed by atoms with van der Waals surface area (Å²) in [6.07, 6.45) is 5.30. The number of ether oxygens (including phenoxy) is 1. The van der Waals surface area contributed by atoms with Crippen molar-refractivity contribution in [1.82, 2.24) is 5.32 Å². The van der Waals surface area contributed by atoms with E-state index in [1.807, 2.05) is 0 Å². The highest BCUT2D eigenvalue weighted by atomic mass is 35.5. The lowest BCUT2D eigenvalue weighted by Gasteiger charge is -2.26. The number of hydrogen-bond donors (Lipinski definition) is 2. The van der Waals surface area contributed by atoms with Crippen LogP contribution in [0.4, 0.5) is 0 Å². The molecule has 0 aromatic rings. The normalized spacial score (nSPS) is 25.1. The van der Waals surface area contributed by atoms with Gasteiger partial charge in [0, 0.05) is 20.2 Å². The van der Waals surface area contributed by atoms with E-state index in [2.05, 4.69) is 12.2 Å². The van der Waals surface area contributed by atoms with E-state index in [0.29, 0.717) is 18.9 Å². The van der Waals surface area contributed by atoms with Gasteiger partial charge in [-0.3, -0.25) is 4.79 Å². The number of halogens is 1. The van der Waals surface area contributed by atoms with Crippen LogP contribution in [0.5, 0.6) is 0 Å². The predicted molar refractivity (Wildman–Crippen MR) is 75.8 cm³/mol. The molecule has 1 aliphatic rings. The van der Waals surface area contributed by atoms with Gasteiger partial charge in [-0.25, -0.2) is 0 Å². The molecule has 4 nitrogen and oxygen atoms in total. The molecule has 1 aliphatic carbocycles. The molecule has 1 saturated carbocycles. The summed E-state index contributed by atoms with van der Waals surface area (Å²) >= 11 is 0. The third kappa shape index (κ3) is 6.57. The minimum absolute atomic E-state index is 0. The smallest absolute Gasteiger partial charge is 0.222 e. The lowest BCUT2D eigenvalue weighted by atomic mass is 9.83. The SMILES string of the molecule is COC(CN)CC(=O)NCC1CCC(C)CC1.Cl. The second kappa shape index (κ2) is 9.59. The molecule has 5 heteroatoms. The van der Waals surface area contributed by atoms with Crippen molar-refractivity contribution in [2.45, 2.75) is 45.1 Å². The fourth-order valence-corrected chi connectivity index (χ4v) is 2.33. The van der Waals surface area contributed by atoms with Crippen molar-refractivity contribution >= 4 is 18.3 Å². The Morgan fingerprint density at radius 3 is 2.50 bits per heavy atom. The number of carbonyl (C=O) groups is 1. The zero-order chi connectivity index (χ0) is 12.7. The van der Waals surface area contributed by atoms with Crippen molar-refractivity contribution in [3.8, 4) is 0 Å². The standard InChI is InChI=1S/C13H26N2O2.ClH/c1-10-3-5-11(6-4-10)9-15-13(16)7-12(8-14)17-2;/h10-12H,3-9,14H2,1-2H3,(H,15,16);1H. The monoisotopic (exact) mass is 278 g/mol. The highest BCUT2D eigenvalue weighted by Crippen LogP contribution is 2.27. The van der Waals surface area contributed by atoms with Gasteiger partial charge in [0.25, 0.3) is 0 Å². The first kappa shape index (κ1) is 17.7. The van der Waals surface area contributed by atoms with E-state index < -0.39 is 0 Å². The van der Waals surface area contributed by atoms with Gasteiger partial charge >= 0.3 is 0 Å². The van der Waals surface area contributed by atoms with Gasteiger partial charge in [0.15, 0.2) is 0 Å². The van der Waals surface area contributed by atoms with Crippen LogP contribution in [0.1, 0.15) is 39.0 Å². The summed E-state index contributed by atoms with van der Waals surface area (Å²) in [5.41, 5.74) is 5.48. The lowest BCUT2D eigenvalue weighted by molar-refractivity contribution is -0.123. The van der Waals surface area contributed by atoms with Crippen LogP contribution >= 0.6 is 12.4 Å². The van der Waals surface area contributed by atoms with Gasteiger partial charge in [-0.05, 0) is 24.7 Å². The molecule has 0 aliphatic heterocycles. The molecule has 0 saturated heterocycles. The minimum atomic E-state index is -0.152. The van der Waals surface area contributed by atoms with Gasteiger partial charge in [-0.2, -0.15) is 0 Å². The Morgan fingerprint density at radius 1 is 1.39 bits per heavy atom. The molecule has 108 valence electrons. The first-order valence-corrected chi connectivity index (χ1v) is 6.65. The van der Waals surface area contributed by atoms with Gasteiger partial charge < -0.3 is 15.8 Å². The number of hydrogen-bond acceptors (Lipinski definition) is 3. The van der Waals surface area contributed by atoms with E-state index in [4.69, 9.17) is 10.5 Å². The molecule has 1 atom stereocenters. The van der Waals surface area contributed by atoms with E-state index in [-0.39, 0.29) is 24.4 Å². The highest BCUT2D eigenvalue weighted by molar-refractivity contribution is 5.85. The minimum Gasteiger partial charge on any atom is -0.380 e. The van der Waals surface area contributed by atoms with Crippen molar-refractivity contribution in [3.63, 3.8) is 0 Å². The van der Waals surface area contributed by atoms with Gasteiger partial charge in [0.05, 0.1) is 12.5 Å². The zero-order valence-corrected chi connectivity index (χ0v) is 12.3. The predicted octanol–water partition coefficient (Wildman–Crippen LogP) is 1.71. The molecule has 0 radical (unpaired) electrons. The molecular weight excluding hydrogens is 252 g/mol. The Labute approximate surface area is 116 Å². The molecule has 3 N–H and O–H groups in total. The zero-order valence-electron chi connectivity index (χ0n) is 11.5. The third-order valence-electron chi connectivity index (χ3n) is 3.73. The van der Waals surface area contributed by atoms with Gasteiger partial charge in [-0.15, -0.1) is 12.4 Å². The first-order chi connectivity index (χ1) is 8.15. The maximum atomic E-state index is 11.6. The van der Waals surface area contributed by atoms with Crippen LogP contribution in [0.2, 0.25) is 0 Å². The number of nitrogens with one attached hydrogen (secondary N) is 1. The Bertz CT molecular complexity index is 227. The van der Waals surface area contributed by atoms with E-state index in [0.717, 1.165) is 12.5 Å². The molecule has 1 rings (SSSR count). The summed E-state index contributed by atoms with van der Waals surface area (Å²) in [6, 6.07) is 0. The molecule has 18 heavy (non-hydrogen) atoms. The van der Waals surface area contributed by atoms with E-state index in [1.165, 1.54) is 25.7 Å². The third-order valence-corrected chi connectivity index (χ3v) is 3.73. The number of carbonyl (C=O) groups excluding carboxylic acids is 1. The number of amides is 1. The molecule has 0 aromatic carbocycles. The number of rotatable bonds is 6. The average molecular weight is 279 g/mol. The summed E-state index contributed by atoms with van der Waals surface area (Å²) in [5.74, 6) is 1.58. The number of nitrogens with two attached hydrogens (primary N) is 1. The Balaban J connectivity index is 0.00000289. The Kier molecular flexibility index (Phi) is 9.42. The van der Waals surface area contributed by atoms with E-state index in [1.54, 1.807) is 7.11 Å². The molecule has 0 bridgehead atoms. The van der Waals surface area contributed by atoms with Crippen LogP contribution in [0.3, 0.4) is 0 Å². The molecule has 1 amide bonds. The molecule has 0 aromatic heterocycles. The van der Waals surface area contributed by atoms with Crippen LogP contribution < -0.4 is 11.1 Å². The van der Waals surface area contributed by atoms with E-state index >= 15 is 0 Å². The maximum Gasteiger partial charge on any atom is 0.222 e. The second-order valence-corrected chi connectivity index (χ2v) is 5.23. The van der Waals surface area contributed by atoms with Gasteiger partial charge in [0.2, 0.25) is 5.91 Å². The van der Waals surface area contributed by atoms with Crippen molar-refractivity contribution in [1.29, 1.82) is 0 Å². The summed E-state index contributed by atoms with van der Waals surface area (Å²) in [7, 11) is 1.59. The van der Waals surface area contributed by atoms with Crippen LogP contribution in [0.25, 0.3) is 0 Å². The second-order valence-electron chi connectivity index (χ2n) is 5.23. The Morgan fingerprint density at radius 2 is 2.00 bits per heavy atom. The molecular formula is C13H27ClN2O2.